The zero-order valence-corrected chi connectivity index (χ0v) is 7.62. The molecule has 24 valence electrons. The predicted molar refractivity (Wildman–Crippen MR) is 15.8 cm³/mol. The number of rotatable bonds is 0. The Bertz CT molecular complexity index is 27.9. The van der Waals surface area contributed by atoms with E-state index in [-0.39, 0.29) is 61.3 Å². The van der Waals surface area contributed by atoms with Crippen LogP contribution in [0.15, 0.2) is 0 Å². The van der Waals surface area contributed by atoms with E-state index in [1.54, 1.807) is 0 Å². The topological polar surface area (TPSA) is 58.7 Å². The van der Waals surface area contributed by atoms with Gasteiger partial charge in [0, 0.05) is 0 Å². The van der Waals surface area contributed by atoms with Crippen LogP contribution in [-0.2, 0) is 0 Å². The van der Waals surface area contributed by atoms with Crippen molar-refractivity contribution >= 4 is 48.9 Å². The summed E-state index contributed by atoms with van der Waals surface area (Å²) in [6.45, 7) is 0. The minimum absolute atomic E-state index is 0. The van der Waals surface area contributed by atoms with E-state index < -0.39 is 0 Å². The molecule has 0 aromatic rings. The fourth-order valence-electron chi connectivity index (χ4n) is 0. The van der Waals surface area contributed by atoms with Gasteiger partial charge in [-0.2, -0.15) is 0 Å². The Morgan fingerprint density at radius 1 is 1.20 bits per heavy atom. The monoisotopic (exact) mass is 215 g/mol. The maximum atomic E-state index is 6.75. The summed E-state index contributed by atoms with van der Waals surface area (Å²) in [5, 5.41) is 0. The fraction of sp³-hybridized carbons (Fsp3) is 0. The third-order valence-electron chi connectivity index (χ3n) is 0. The molecule has 0 saturated heterocycles. The van der Waals surface area contributed by atoms with Crippen molar-refractivity contribution in [2.24, 2.45) is 0 Å². The molecule has 0 fully saturated rings. The van der Waals surface area contributed by atoms with Gasteiger partial charge in [0.15, 0.2) is 0 Å². The largest absolute Gasteiger partial charge is 2.00 e. The average molecular weight is 215 g/mol. The maximum Gasteiger partial charge on any atom is 2.00 e. The summed E-state index contributed by atoms with van der Waals surface area (Å²) in [6.07, 6.45) is 0. The first-order chi connectivity index (χ1) is 1.41. The number of hydrogen-bond acceptors (Lipinski definition) is 0. The van der Waals surface area contributed by atoms with Gasteiger partial charge in [0.2, 0.25) is 0 Å². The molecule has 3 nitrogen and oxygen atoms in total. The van der Waals surface area contributed by atoms with Gasteiger partial charge in [-0.15, -0.1) is 0 Å². The van der Waals surface area contributed by atoms with E-state index in [1.807, 2.05) is 0 Å². The smallest absolute Gasteiger partial charge is 1.00 e. The molecule has 0 aromatic heterocycles. The fourth-order valence-corrected chi connectivity index (χ4v) is 0. The molecule has 0 aliphatic rings. The Hall–Kier alpha value is 1.17. The van der Waals surface area contributed by atoms with Crippen molar-refractivity contribution in [3.8, 4) is 0 Å². The summed E-state index contributed by atoms with van der Waals surface area (Å²) in [7, 11) is 0. The van der Waals surface area contributed by atoms with Gasteiger partial charge in [-0.1, -0.05) is 0 Å². The van der Waals surface area contributed by atoms with E-state index in [9.17, 15) is 0 Å². The first-order valence-corrected chi connectivity index (χ1v) is 0.400. The molecular weight excluding hydrogens is 215 g/mol. The minimum Gasteiger partial charge on any atom is -1.00 e. The summed E-state index contributed by atoms with van der Waals surface area (Å²) in [5.41, 5.74) is 13.5. The second-order valence-corrected chi connectivity index (χ2v) is 0.0894. The van der Waals surface area contributed by atoms with Gasteiger partial charge in [0.25, 0.3) is 0 Å². The Labute approximate surface area is 76.0 Å². The number of nitrogens with zero attached hydrogens (tertiary/aromatic N) is 3. The molecule has 0 unspecified atom stereocenters. The summed E-state index contributed by atoms with van der Waals surface area (Å²) in [6, 6.07) is 0. The summed E-state index contributed by atoms with van der Waals surface area (Å²) in [5.74, 6) is 0. The average Bonchev–Trinajstić information content (AvgIpc) is 0.918. The molecule has 0 aliphatic carbocycles. The zero-order valence-electron chi connectivity index (χ0n) is 2.43. The summed E-state index contributed by atoms with van der Waals surface area (Å²) < 4.78 is 0. The first-order valence-electron chi connectivity index (χ1n) is 0.400. The molecule has 0 N–H and O–H groups in total. The third-order valence-corrected chi connectivity index (χ3v) is 0. The van der Waals surface area contributed by atoms with E-state index in [0.29, 0.717) is 0 Å². The molecule has 0 amide bonds. The van der Waals surface area contributed by atoms with Crippen molar-refractivity contribution < 1.29 is 12.4 Å². The molecule has 0 spiro atoms. The van der Waals surface area contributed by atoms with Crippen LogP contribution in [0.3, 0.4) is 0 Å². The van der Waals surface area contributed by atoms with Crippen molar-refractivity contribution in [1.82, 2.24) is 0 Å². The van der Waals surface area contributed by atoms with Gasteiger partial charge in [-0.3, -0.25) is 4.91 Å². The second kappa shape index (κ2) is 19.1. The van der Waals surface area contributed by atoms with Crippen molar-refractivity contribution in [2.45, 2.75) is 0 Å². The van der Waals surface area contributed by atoms with Crippen LogP contribution in [0.1, 0.15) is 0 Å². The maximum absolute atomic E-state index is 6.75. The van der Waals surface area contributed by atoms with Gasteiger partial charge in [0.05, 0.1) is 0 Å². The molecule has 0 saturated carbocycles. The molecule has 0 aromatic carbocycles. The van der Waals surface area contributed by atoms with Gasteiger partial charge in [-0.05, 0) is 0 Å². The van der Waals surface area contributed by atoms with Crippen LogP contribution in [0.25, 0.3) is 16.0 Å². The van der Waals surface area contributed by atoms with Gasteiger partial charge >= 0.3 is 48.9 Å². The SMILES string of the molecule is [Ba+2].[Cl-].[N-]=[N+]=[N-]. The summed E-state index contributed by atoms with van der Waals surface area (Å²) >= 11 is 0. The van der Waals surface area contributed by atoms with Crippen LogP contribution in [0.4, 0.5) is 0 Å². The van der Waals surface area contributed by atoms with Crippen LogP contribution >= 0.6 is 0 Å². The Balaban J connectivity index is -0.0000000200. The zero-order chi connectivity index (χ0) is 2.71. The molecule has 0 radical (unpaired) electrons. The van der Waals surface area contributed by atoms with Crippen molar-refractivity contribution in [1.29, 1.82) is 0 Å². The van der Waals surface area contributed by atoms with Crippen LogP contribution < -0.4 is 12.4 Å². The summed E-state index contributed by atoms with van der Waals surface area (Å²) in [4.78, 5) is 1.50. The van der Waals surface area contributed by atoms with E-state index in [0.717, 1.165) is 0 Å². The first kappa shape index (κ1) is 16.4. The van der Waals surface area contributed by atoms with Crippen molar-refractivity contribution in [2.75, 3.05) is 0 Å². The molecule has 0 heterocycles. The Morgan fingerprint density at radius 3 is 1.20 bits per heavy atom. The van der Waals surface area contributed by atoms with E-state index >= 15 is 0 Å². The van der Waals surface area contributed by atoms with Crippen LogP contribution in [0.5, 0.6) is 0 Å². The normalized spacial score (nSPS) is 1.60. The molecule has 0 rings (SSSR count). The van der Waals surface area contributed by atoms with Gasteiger partial charge in [0.1, 0.15) is 0 Å². The predicted octanol–water partition coefficient (Wildman–Crippen LogP) is -2.51. The Kier molecular flexibility index (Phi) is 62.6. The molecule has 0 aliphatic heterocycles. The van der Waals surface area contributed by atoms with Gasteiger partial charge < -0.3 is 23.5 Å². The molecule has 0 atom stereocenters. The van der Waals surface area contributed by atoms with Crippen LogP contribution in [-0.4, -0.2) is 48.9 Å². The van der Waals surface area contributed by atoms with Crippen LogP contribution in [0.2, 0.25) is 0 Å². The standard InChI is InChI=1S/Ba.ClH.N3/c;;1-3-2/h;1H;/q+2;;-1/p-1. The minimum atomic E-state index is 0. The van der Waals surface area contributed by atoms with Crippen molar-refractivity contribution in [3.05, 3.63) is 16.0 Å². The van der Waals surface area contributed by atoms with E-state index in [4.69, 9.17) is 11.1 Å². The third kappa shape index (κ3) is 37.9. The molecular formula is BaClN3. The van der Waals surface area contributed by atoms with E-state index in [1.165, 1.54) is 4.91 Å². The second-order valence-electron chi connectivity index (χ2n) is 0.0894. The number of halogens is 1. The quantitative estimate of drug-likeness (QED) is 0.185. The molecule has 5 heavy (non-hydrogen) atoms. The van der Waals surface area contributed by atoms with Crippen LogP contribution in [0, 0.1) is 0 Å². The van der Waals surface area contributed by atoms with Crippen molar-refractivity contribution in [3.63, 3.8) is 0 Å². The van der Waals surface area contributed by atoms with Gasteiger partial charge in [-0.25, -0.2) is 0 Å². The molecule has 5 heteroatoms. The molecule has 0 bridgehead atoms. The Morgan fingerprint density at radius 2 is 1.20 bits per heavy atom. The van der Waals surface area contributed by atoms with E-state index in [2.05, 4.69) is 0 Å². The number of hydrogen-bond donors (Lipinski definition) is 0.